The lowest BCUT2D eigenvalue weighted by Crippen LogP contribution is -2.27. The Morgan fingerprint density at radius 1 is 1.60 bits per heavy atom. The summed E-state index contributed by atoms with van der Waals surface area (Å²) in [5.41, 5.74) is 0. The van der Waals surface area contributed by atoms with E-state index in [0.717, 1.165) is 0 Å². The molecule has 4 heteroatoms. The molecule has 1 rings (SSSR count). The zero-order chi connectivity index (χ0) is 6.85. The van der Waals surface area contributed by atoms with Gasteiger partial charge in [-0.05, 0) is 13.5 Å². The highest BCUT2D eigenvalue weighted by Gasteiger charge is 2.26. The topological polar surface area (TPSA) is 43.7 Å². The lowest BCUT2D eigenvalue weighted by molar-refractivity contribution is 0.180. The summed E-state index contributed by atoms with van der Waals surface area (Å²) in [6, 6.07) is 0.181. The molecule has 1 aliphatic heterocycles. The van der Waals surface area contributed by atoms with E-state index in [2.05, 4.69) is 0 Å². The minimum Gasteiger partial charge on any atom is -0.395 e. The average Bonchev–Trinajstić information content (AvgIpc) is 2.10. The molecule has 3 nitrogen and oxygen atoms in total. The van der Waals surface area contributed by atoms with Gasteiger partial charge in [-0.1, -0.05) is 0 Å². The Balaban J connectivity index is 0.000000810. The van der Waals surface area contributed by atoms with Crippen LogP contribution >= 0.6 is 12.4 Å². The third kappa shape index (κ3) is 2.09. The third-order valence-corrected chi connectivity index (χ3v) is 1.88. The van der Waals surface area contributed by atoms with Gasteiger partial charge in [0.25, 0.3) is 0 Å². The largest absolute Gasteiger partial charge is 0.395 e. The summed E-state index contributed by atoms with van der Waals surface area (Å²) < 4.78 is 0. The van der Waals surface area contributed by atoms with Crippen LogP contribution in [0.5, 0.6) is 0 Å². The van der Waals surface area contributed by atoms with Gasteiger partial charge in [0.2, 0.25) is 0 Å². The average molecular weight is 168 g/mol. The molecule has 1 fully saturated rings. The number of hydrogen-bond acceptors (Lipinski definition) is 3. The molecule has 0 bridgehead atoms. The van der Waals surface area contributed by atoms with Crippen LogP contribution in [0.15, 0.2) is 0 Å². The van der Waals surface area contributed by atoms with Crippen molar-refractivity contribution in [3.05, 3.63) is 0 Å². The van der Waals surface area contributed by atoms with Gasteiger partial charge in [-0.25, -0.2) is 0 Å². The van der Waals surface area contributed by atoms with Crippen LogP contribution in [0.25, 0.3) is 0 Å². The van der Waals surface area contributed by atoms with Crippen molar-refractivity contribution in [2.75, 3.05) is 20.2 Å². The van der Waals surface area contributed by atoms with E-state index in [1.807, 2.05) is 11.9 Å². The fourth-order valence-electron chi connectivity index (χ4n) is 1.26. The SMILES string of the molecule is CN1C[C@H](O)C[C@H]1CO.Cl. The molecule has 0 saturated carbocycles. The van der Waals surface area contributed by atoms with Crippen LogP contribution < -0.4 is 0 Å². The summed E-state index contributed by atoms with van der Waals surface area (Å²) in [4.78, 5) is 1.98. The van der Waals surface area contributed by atoms with Crippen molar-refractivity contribution in [2.45, 2.75) is 18.6 Å². The summed E-state index contributed by atoms with van der Waals surface area (Å²) in [5.74, 6) is 0. The standard InChI is InChI=1S/C6H13NO2.ClH/c1-7-3-6(9)2-5(7)4-8;/h5-6,8-9H,2-4H2,1H3;1H/t5-,6+;/m0./s1. The second-order valence-corrected chi connectivity index (χ2v) is 2.67. The van der Waals surface area contributed by atoms with Gasteiger partial charge in [-0.2, -0.15) is 0 Å². The van der Waals surface area contributed by atoms with E-state index in [9.17, 15) is 0 Å². The van der Waals surface area contributed by atoms with Crippen LogP contribution in [0.3, 0.4) is 0 Å². The predicted molar refractivity (Wildman–Crippen MR) is 41.4 cm³/mol. The molecule has 0 amide bonds. The zero-order valence-electron chi connectivity index (χ0n) is 6.03. The van der Waals surface area contributed by atoms with E-state index in [1.165, 1.54) is 0 Å². The number of aliphatic hydroxyl groups is 2. The van der Waals surface area contributed by atoms with Crippen LogP contribution in [0.2, 0.25) is 0 Å². The lowest BCUT2D eigenvalue weighted by atomic mass is 10.2. The molecule has 0 unspecified atom stereocenters. The molecular weight excluding hydrogens is 154 g/mol. The molecule has 0 radical (unpaired) electrons. The first kappa shape index (κ1) is 10.2. The molecule has 62 valence electrons. The molecule has 1 aliphatic rings. The molecule has 2 atom stereocenters. The van der Waals surface area contributed by atoms with Gasteiger partial charge in [0.1, 0.15) is 0 Å². The molecule has 10 heavy (non-hydrogen) atoms. The number of β-amino-alcohol motifs (C(OH)–C–C–N with tert-alkyl or cyclic N) is 1. The van der Waals surface area contributed by atoms with Crippen LogP contribution in [-0.4, -0.2) is 47.5 Å². The smallest absolute Gasteiger partial charge is 0.0682 e. The summed E-state index contributed by atoms with van der Waals surface area (Å²) in [5, 5.41) is 17.7. The Bertz CT molecular complexity index is 102. The van der Waals surface area contributed by atoms with Gasteiger partial charge >= 0.3 is 0 Å². The number of halogens is 1. The molecule has 0 aliphatic carbocycles. The number of rotatable bonds is 1. The molecule has 1 saturated heterocycles. The highest BCUT2D eigenvalue weighted by atomic mass is 35.5. The van der Waals surface area contributed by atoms with E-state index in [4.69, 9.17) is 10.2 Å². The van der Waals surface area contributed by atoms with E-state index < -0.39 is 0 Å². The number of hydrogen-bond donors (Lipinski definition) is 2. The van der Waals surface area contributed by atoms with Gasteiger partial charge in [0.15, 0.2) is 0 Å². The van der Waals surface area contributed by atoms with E-state index in [-0.39, 0.29) is 31.2 Å². The van der Waals surface area contributed by atoms with E-state index in [1.54, 1.807) is 0 Å². The number of aliphatic hydroxyl groups excluding tert-OH is 2. The second-order valence-electron chi connectivity index (χ2n) is 2.67. The molecule has 0 aromatic rings. The maximum atomic E-state index is 9.05. The van der Waals surface area contributed by atoms with Crippen molar-refractivity contribution in [3.8, 4) is 0 Å². The molecule has 0 spiro atoms. The summed E-state index contributed by atoms with van der Waals surface area (Å²) in [7, 11) is 1.91. The van der Waals surface area contributed by atoms with E-state index in [0.29, 0.717) is 13.0 Å². The van der Waals surface area contributed by atoms with Crippen molar-refractivity contribution in [2.24, 2.45) is 0 Å². The highest BCUT2D eigenvalue weighted by molar-refractivity contribution is 5.85. The van der Waals surface area contributed by atoms with Gasteiger partial charge in [-0.15, -0.1) is 12.4 Å². The Labute approximate surface area is 67.1 Å². The highest BCUT2D eigenvalue weighted by Crippen LogP contribution is 2.13. The Hall–Kier alpha value is 0.170. The van der Waals surface area contributed by atoms with Crippen LogP contribution in [0.4, 0.5) is 0 Å². The van der Waals surface area contributed by atoms with Crippen LogP contribution in [0, 0.1) is 0 Å². The lowest BCUT2D eigenvalue weighted by Gasteiger charge is -2.14. The predicted octanol–water partition coefficient (Wildman–Crippen LogP) is -0.535. The van der Waals surface area contributed by atoms with Gasteiger partial charge in [0.05, 0.1) is 12.7 Å². The molecule has 1 heterocycles. The number of nitrogens with zero attached hydrogens (tertiary/aromatic N) is 1. The Kier molecular flexibility index (Phi) is 4.20. The van der Waals surface area contributed by atoms with Gasteiger partial charge < -0.3 is 10.2 Å². The fraction of sp³-hybridized carbons (Fsp3) is 1.00. The monoisotopic (exact) mass is 167 g/mol. The fourth-order valence-corrected chi connectivity index (χ4v) is 1.26. The minimum absolute atomic E-state index is 0. The summed E-state index contributed by atoms with van der Waals surface area (Å²) >= 11 is 0. The molecular formula is C6H14ClNO2. The maximum absolute atomic E-state index is 9.05. The number of likely N-dealkylation sites (tertiary alicyclic amines) is 1. The second kappa shape index (κ2) is 4.13. The first-order valence-corrected chi connectivity index (χ1v) is 3.23. The van der Waals surface area contributed by atoms with Crippen molar-refractivity contribution in [1.29, 1.82) is 0 Å². The van der Waals surface area contributed by atoms with Crippen LogP contribution in [-0.2, 0) is 0 Å². The Morgan fingerprint density at radius 2 is 2.20 bits per heavy atom. The zero-order valence-corrected chi connectivity index (χ0v) is 6.84. The van der Waals surface area contributed by atoms with Crippen molar-refractivity contribution in [1.82, 2.24) is 4.90 Å². The minimum atomic E-state index is -0.229. The Morgan fingerprint density at radius 3 is 2.40 bits per heavy atom. The van der Waals surface area contributed by atoms with Crippen molar-refractivity contribution < 1.29 is 10.2 Å². The van der Waals surface area contributed by atoms with Crippen LogP contribution in [0.1, 0.15) is 6.42 Å². The number of likely N-dealkylation sites (N-methyl/N-ethyl adjacent to an activating group) is 1. The van der Waals surface area contributed by atoms with Gasteiger partial charge in [-0.3, -0.25) is 4.90 Å². The first-order valence-electron chi connectivity index (χ1n) is 3.23. The molecule has 0 aromatic heterocycles. The summed E-state index contributed by atoms with van der Waals surface area (Å²) in [6.07, 6.45) is 0.486. The van der Waals surface area contributed by atoms with Gasteiger partial charge in [0, 0.05) is 12.6 Å². The maximum Gasteiger partial charge on any atom is 0.0682 e. The van der Waals surface area contributed by atoms with Crippen molar-refractivity contribution >= 4 is 12.4 Å². The first-order chi connectivity index (χ1) is 4.24. The summed E-state index contributed by atoms with van der Waals surface area (Å²) in [6.45, 7) is 0.860. The molecule has 2 N–H and O–H groups in total. The molecule has 0 aromatic carbocycles. The third-order valence-electron chi connectivity index (χ3n) is 1.88. The quantitative estimate of drug-likeness (QED) is 0.552. The van der Waals surface area contributed by atoms with Crippen molar-refractivity contribution in [3.63, 3.8) is 0 Å². The van der Waals surface area contributed by atoms with E-state index >= 15 is 0 Å². The normalized spacial score (nSPS) is 33.9.